The van der Waals surface area contributed by atoms with Gasteiger partial charge in [-0.25, -0.2) is 9.18 Å². The number of hydrogen-bond donors (Lipinski definition) is 1. The lowest BCUT2D eigenvalue weighted by Gasteiger charge is -2.13. The largest absolute Gasteiger partial charge is 0.464 e. The van der Waals surface area contributed by atoms with Gasteiger partial charge in [-0.05, 0) is 31.5 Å². The summed E-state index contributed by atoms with van der Waals surface area (Å²) in [4.78, 5) is 24.0. The number of hydrogen-bond acceptors (Lipinski definition) is 3. The van der Waals surface area contributed by atoms with Gasteiger partial charge in [0.15, 0.2) is 0 Å². The molecular formula is C25H40FNO3. The molecule has 0 spiro atoms. The van der Waals surface area contributed by atoms with Crippen LogP contribution in [0.15, 0.2) is 24.3 Å². The zero-order chi connectivity index (χ0) is 22.0. The molecule has 1 aromatic rings. The summed E-state index contributed by atoms with van der Waals surface area (Å²) in [5.41, 5.74) is 0.186. The Morgan fingerprint density at radius 1 is 0.900 bits per heavy atom. The number of halogens is 1. The van der Waals surface area contributed by atoms with Crippen LogP contribution in [0, 0.1) is 5.82 Å². The molecule has 1 atom stereocenters. The van der Waals surface area contributed by atoms with Crippen LogP contribution in [0.4, 0.5) is 4.39 Å². The number of nitrogens with one attached hydrogen (secondary N) is 1. The number of carbonyl (C=O) groups excluding carboxylic acids is 2. The zero-order valence-electron chi connectivity index (χ0n) is 18.9. The van der Waals surface area contributed by atoms with Crippen LogP contribution in [0.2, 0.25) is 0 Å². The summed E-state index contributed by atoms with van der Waals surface area (Å²) < 4.78 is 18.4. The van der Waals surface area contributed by atoms with Crippen LogP contribution < -0.4 is 5.32 Å². The maximum atomic E-state index is 13.2. The molecule has 0 heterocycles. The van der Waals surface area contributed by atoms with Crippen LogP contribution in [0.25, 0.3) is 0 Å². The van der Waals surface area contributed by atoms with E-state index in [1.807, 2.05) is 0 Å². The van der Waals surface area contributed by atoms with Crippen molar-refractivity contribution in [2.45, 2.75) is 103 Å². The minimum Gasteiger partial charge on any atom is -0.464 e. The number of ether oxygens (including phenoxy) is 1. The molecule has 1 aromatic carbocycles. The highest BCUT2D eigenvalue weighted by Gasteiger charge is 2.18. The minimum absolute atomic E-state index is 0.186. The van der Waals surface area contributed by atoms with E-state index in [-0.39, 0.29) is 5.56 Å². The second-order valence-corrected chi connectivity index (χ2v) is 8.12. The fraction of sp³-hybridized carbons (Fsp3) is 0.680. The van der Waals surface area contributed by atoms with Gasteiger partial charge < -0.3 is 10.1 Å². The molecule has 0 saturated carbocycles. The molecule has 0 bridgehead atoms. The van der Waals surface area contributed by atoms with E-state index in [2.05, 4.69) is 12.2 Å². The maximum absolute atomic E-state index is 13.2. The first-order valence-corrected chi connectivity index (χ1v) is 11.8. The smallest absolute Gasteiger partial charge is 0.328 e. The molecule has 0 fully saturated rings. The number of amides is 1. The standard InChI is InChI=1S/C25H40FNO3/c1-3-4-5-6-7-8-9-10-11-12-13-14-15-19-30-25(29)21(2)27-24(28)22-17-16-18-23(26)20-22/h16-18,20-21H,3-15,19H2,1-2H3,(H,27,28). The maximum Gasteiger partial charge on any atom is 0.328 e. The molecular weight excluding hydrogens is 381 g/mol. The van der Waals surface area contributed by atoms with E-state index < -0.39 is 23.7 Å². The van der Waals surface area contributed by atoms with Crippen LogP contribution in [-0.2, 0) is 9.53 Å². The van der Waals surface area contributed by atoms with E-state index in [0.29, 0.717) is 6.61 Å². The van der Waals surface area contributed by atoms with E-state index in [4.69, 9.17) is 4.74 Å². The summed E-state index contributed by atoms with van der Waals surface area (Å²) in [6.45, 7) is 4.20. The molecule has 5 heteroatoms. The Hall–Kier alpha value is -1.91. The van der Waals surface area contributed by atoms with Crippen molar-refractivity contribution in [3.8, 4) is 0 Å². The van der Waals surface area contributed by atoms with Gasteiger partial charge in [0.05, 0.1) is 6.61 Å². The van der Waals surface area contributed by atoms with Crippen molar-refractivity contribution in [2.75, 3.05) is 6.61 Å². The molecule has 170 valence electrons. The van der Waals surface area contributed by atoms with Crippen molar-refractivity contribution in [1.29, 1.82) is 0 Å². The van der Waals surface area contributed by atoms with Crippen LogP contribution in [0.5, 0.6) is 0 Å². The van der Waals surface area contributed by atoms with Crippen LogP contribution in [-0.4, -0.2) is 24.5 Å². The molecule has 0 aliphatic heterocycles. The van der Waals surface area contributed by atoms with Gasteiger partial charge in [-0.1, -0.05) is 90.0 Å². The van der Waals surface area contributed by atoms with Crippen LogP contribution >= 0.6 is 0 Å². The average molecular weight is 422 g/mol. The van der Waals surface area contributed by atoms with Gasteiger partial charge in [0.1, 0.15) is 11.9 Å². The fourth-order valence-corrected chi connectivity index (χ4v) is 3.39. The van der Waals surface area contributed by atoms with E-state index in [9.17, 15) is 14.0 Å². The minimum atomic E-state index is -0.761. The summed E-state index contributed by atoms with van der Waals surface area (Å²) >= 11 is 0. The molecule has 0 saturated heterocycles. The molecule has 0 aliphatic rings. The molecule has 4 nitrogen and oxygen atoms in total. The number of carbonyl (C=O) groups is 2. The highest BCUT2D eigenvalue weighted by molar-refractivity contribution is 5.96. The van der Waals surface area contributed by atoms with Crippen molar-refractivity contribution >= 4 is 11.9 Å². The molecule has 1 amide bonds. The van der Waals surface area contributed by atoms with Crippen LogP contribution in [0.3, 0.4) is 0 Å². The predicted octanol–water partition coefficient (Wildman–Crippen LogP) is 6.58. The van der Waals surface area contributed by atoms with Crippen molar-refractivity contribution in [3.05, 3.63) is 35.6 Å². The van der Waals surface area contributed by atoms with Gasteiger partial charge in [-0.3, -0.25) is 4.79 Å². The lowest BCUT2D eigenvalue weighted by atomic mass is 10.0. The summed E-state index contributed by atoms with van der Waals surface area (Å²) in [5, 5.41) is 2.54. The first-order valence-electron chi connectivity index (χ1n) is 11.8. The number of unbranched alkanes of at least 4 members (excludes halogenated alkanes) is 12. The van der Waals surface area contributed by atoms with Crippen molar-refractivity contribution in [2.24, 2.45) is 0 Å². The summed E-state index contributed by atoms with van der Waals surface area (Å²) in [6, 6.07) is 4.61. The molecule has 1 N–H and O–H groups in total. The van der Waals surface area contributed by atoms with Gasteiger partial charge in [-0.15, -0.1) is 0 Å². The first-order chi connectivity index (χ1) is 14.5. The van der Waals surface area contributed by atoms with E-state index in [1.54, 1.807) is 6.92 Å². The first kappa shape index (κ1) is 26.1. The Labute approximate surface area is 182 Å². The lowest BCUT2D eigenvalue weighted by Crippen LogP contribution is -2.39. The van der Waals surface area contributed by atoms with E-state index in [0.717, 1.165) is 18.9 Å². The van der Waals surface area contributed by atoms with Crippen LogP contribution in [0.1, 0.15) is 108 Å². The lowest BCUT2D eigenvalue weighted by molar-refractivity contribution is -0.145. The molecule has 0 aliphatic carbocycles. The molecule has 1 rings (SSSR count). The Morgan fingerprint density at radius 2 is 1.43 bits per heavy atom. The van der Waals surface area contributed by atoms with Crippen molar-refractivity contribution in [1.82, 2.24) is 5.32 Å². The highest BCUT2D eigenvalue weighted by Crippen LogP contribution is 2.12. The second-order valence-electron chi connectivity index (χ2n) is 8.12. The van der Waals surface area contributed by atoms with Crippen molar-refractivity contribution in [3.63, 3.8) is 0 Å². The van der Waals surface area contributed by atoms with E-state index >= 15 is 0 Å². The third kappa shape index (κ3) is 12.6. The van der Waals surface area contributed by atoms with Gasteiger partial charge in [0.2, 0.25) is 0 Å². The van der Waals surface area contributed by atoms with Gasteiger partial charge in [-0.2, -0.15) is 0 Å². The Bertz CT molecular complexity index is 606. The number of esters is 1. The Morgan fingerprint density at radius 3 is 1.97 bits per heavy atom. The predicted molar refractivity (Wildman–Crippen MR) is 120 cm³/mol. The average Bonchev–Trinajstić information content (AvgIpc) is 2.73. The molecule has 30 heavy (non-hydrogen) atoms. The van der Waals surface area contributed by atoms with Gasteiger partial charge in [0.25, 0.3) is 5.91 Å². The summed E-state index contributed by atoms with van der Waals surface area (Å²) in [5.74, 6) is -1.43. The summed E-state index contributed by atoms with van der Waals surface area (Å²) in [6.07, 6.45) is 16.5. The third-order valence-electron chi connectivity index (χ3n) is 5.28. The molecule has 1 unspecified atom stereocenters. The van der Waals surface area contributed by atoms with E-state index in [1.165, 1.54) is 88.8 Å². The Balaban J connectivity index is 1.97. The third-order valence-corrected chi connectivity index (χ3v) is 5.28. The molecule has 0 aromatic heterocycles. The second kappa shape index (κ2) is 16.8. The normalized spacial score (nSPS) is 11.8. The van der Waals surface area contributed by atoms with Gasteiger partial charge in [0, 0.05) is 5.56 Å². The van der Waals surface area contributed by atoms with Crippen molar-refractivity contribution < 1.29 is 18.7 Å². The highest BCUT2D eigenvalue weighted by atomic mass is 19.1. The fourth-order valence-electron chi connectivity index (χ4n) is 3.39. The zero-order valence-corrected chi connectivity index (χ0v) is 18.9. The number of rotatable bonds is 17. The number of benzene rings is 1. The topological polar surface area (TPSA) is 55.4 Å². The SMILES string of the molecule is CCCCCCCCCCCCCCCOC(=O)C(C)NC(=O)c1cccc(F)c1. The molecule has 0 radical (unpaired) electrons. The Kier molecular flexibility index (Phi) is 14.7. The monoisotopic (exact) mass is 421 g/mol. The summed E-state index contributed by atoms with van der Waals surface area (Å²) in [7, 11) is 0. The quantitative estimate of drug-likeness (QED) is 0.228. The van der Waals surface area contributed by atoms with Gasteiger partial charge >= 0.3 is 5.97 Å².